The van der Waals surface area contributed by atoms with Gasteiger partial charge in [0.2, 0.25) is 0 Å². The molecule has 0 saturated heterocycles. The van der Waals surface area contributed by atoms with Crippen molar-refractivity contribution in [3.05, 3.63) is 88.2 Å². The Bertz CT molecular complexity index is 1480. The monoisotopic (exact) mass is 457 g/mol. The number of ether oxygens (including phenoxy) is 1. The van der Waals surface area contributed by atoms with Crippen LogP contribution in [0.3, 0.4) is 0 Å². The Morgan fingerprint density at radius 2 is 1.88 bits per heavy atom. The Morgan fingerprint density at radius 1 is 1.09 bits per heavy atom. The molecule has 7 nitrogen and oxygen atoms in total. The van der Waals surface area contributed by atoms with Gasteiger partial charge in [0.05, 0.1) is 28.0 Å². The summed E-state index contributed by atoms with van der Waals surface area (Å²) in [5.41, 5.74) is 2.97. The maximum Gasteiger partial charge on any atom is 0.266 e. The van der Waals surface area contributed by atoms with E-state index in [1.54, 1.807) is 34.9 Å². The quantitative estimate of drug-likeness (QED) is 0.277. The van der Waals surface area contributed by atoms with E-state index in [0.29, 0.717) is 33.1 Å². The molecule has 1 aliphatic heterocycles. The molecule has 8 heteroatoms. The van der Waals surface area contributed by atoms with Crippen molar-refractivity contribution in [2.45, 2.75) is 12.1 Å². The summed E-state index contributed by atoms with van der Waals surface area (Å²) in [7, 11) is 0. The number of benzene rings is 3. The SMILES string of the molecule is Cc1ccccc1-n1c(SCC(=O)c2ccc3c(c2)NC(=O)CO3)nc2ccccc2c1=O. The molecular formula is C25H19N3O4S. The highest BCUT2D eigenvalue weighted by molar-refractivity contribution is 7.99. The van der Waals surface area contributed by atoms with Gasteiger partial charge in [0.25, 0.3) is 11.5 Å². The number of anilines is 1. The summed E-state index contributed by atoms with van der Waals surface area (Å²) in [5.74, 6) is 0.193. The molecule has 3 aromatic carbocycles. The first-order chi connectivity index (χ1) is 16.0. The maximum atomic E-state index is 13.4. The number of aromatic nitrogens is 2. The first-order valence-corrected chi connectivity index (χ1v) is 11.3. The molecule has 164 valence electrons. The zero-order chi connectivity index (χ0) is 22.9. The standard InChI is InChI=1S/C25H19N3O4S/c1-15-6-2-5-9-20(15)28-24(31)17-7-3-4-8-18(17)27-25(28)33-14-21(29)16-10-11-22-19(12-16)26-23(30)13-32-22/h2-12H,13-14H2,1H3,(H,26,30). The second-order valence-corrected chi connectivity index (χ2v) is 8.54. The molecule has 2 heterocycles. The highest BCUT2D eigenvalue weighted by Gasteiger charge is 2.20. The number of ketones is 1. The van der Waals surface area contributed by atoms with Gasteiger partial charge in [-0.05, 0) is 48.9 Å². The van der Waals surface area contributed by atoms with Crippen molar-refractivity contribution >= 4 is 40.0 Å². The fourth-order valence-electron chi connectivity index (χ4n) is 3.71. The van der Waals surface area contributed by atoms with Crippen LogP contribution in [0.5, 0.6) is 5.75 Å². The molecule has 1 aromatic heterocycles. The van der Waals surface area contributed by atoms with Gasteiger partial charge in [0.1, 0.15) is 5.75 Å². The molecule has 1 amide bonds. The van der Waals surface area contributed by atoms with E-state index < -0.39 is 0 Å². The molecule has 0 atom stereocenters. The van der Waals surface area contributed by atoms with Crippen molar-refractivity contribution < 1.29 is 14.3 Å². The highest BCUT2D eigenvalue weighted by atomic mass is 32.2. The van der Waals surface area contributed by atoms with Crippen LogP contribution in [-0.2, 0) is 4.79 Å². The molecule has 33 heavy (non-hydrogen) atoms. The lowest BCUT2D eigenvalue weighted by Gasteiger charge is -2.18. The Morgan fingerprint density at radius 3 is 2.73 bits per heavy atom. The lowest BCUT2D eigenvalue weighted by atomic mass is 10.1. The van der Waals surface area contributed by atoms with E-state index in [9.17, 15) is 14.4 Å². The fourth-order valence-corrected chi connectivity index (χ4v) is 4.61. The van der Waals surface area contributed by atoms with E-state index in [1.165, 1.54) is 11.8 Å². The van der Waals surface area contributed by atoms with Gasteiger partial charge in [-0.1, -0.05) is 42.1 Å². The van der Waals surface area contributed by atoms with Gasteiger partial charge in [-0.15, -0.1) is 0 Å². The van der Waals surface area contributed by atoms with Gasteiger partial charge in [-0.25, -0.2) is 4.98 Å². The summed E-state index contributed by atoms with van der Waals surface area (Å²) in [6, 6.07) is 19.7. The van der Waals surface area contributed by atoms with Crippen molar-refractivity contribution in [3.8, 4) is 11.4 Å². The third-order valence-corrected chi connectivity index (χ3v) is 6.31. The molecule has 0 fully saturated rings. The molecule has 0 unspecified atom stereocenters. The number of thioether (sulfide) groups is 1. The minimum Gasteiger partial charge on any atom is -0.482 e. The molecular weight excluding hydrogens is 438 g/mol. The summed E-state index contributed by atoms with van der Waals surface area (Å²) in [6.45, 7) is 1.89. The first-order valence-electron chi connectivity index (χ1n) is 10.3. The van der Waals surface area contributed by atoms with E-state index >= 15 is 0 Å². The van der Waals surface area contributed by atoms with Crippen LogP contribution in [0.2, 0.25) is 0 Å². The molecule has 5 rings (SSSR count). The number of nitrogens with one attached hydrogen (secondary N) is 1. The predicted octanol–water partition coefficient (Wildman–Crippen LogP) is 4.00. The number of aryl methyl sites for hydroxylation is 1. The van der Waals surface area contributed by atoms with Crippen LogP contribution >= 0.6 is 11.8 Å². The number of amides is 1. The van der Waals surface area contributed by atoms with Gasteiger partial charge in [0.15, 0.2) is 17.5 Å². The summed E-state index contributed by atoms with van der Waals surface area (Å²) < 4.78 is 6.92. The Kier molecular flexibility index (Phi) is 5.43. The number of rotatable bonds is 5. The molecule has 0 spiro atoms. The number of hydrogen-bond donors (Lipinski definition) is 1. The second-order valence-electron chi connectivity index (χ2n) is 7.60. The number of carbonyl (C=O) groups excluding carboxylic acids is 2. The van der Waals surface area contributed by atoms with Gasteiger partial charge in [0, 0.05) is 5.56 Å². The van der Waals surface area contributed by atoms with Crippen molar-refractivity contribution in [2.24, 2.45) is 0 Å². The zero-order valence-electron chi connectivity index (χ0n) is 17.7. The Labute approximate surface area is 193 Å². The lowest BCUT2D eigenvalue weighted by Crippen LogP contribution is -2.25. The number of carbonyl (C=O) groups is 2. The van der Waals surface area contributed by atoms with Crippen molar-refractivity contribution in [3.63, 3.8) is 0 Å². The zero-order valence-corrected chi connectivity index (χ0v) is 18.5. The van der Waals surface area contributed by atoms with Crippen LogP contribution in [0.4, 0.5) is 5.69 Å². The van der Waals surface area contributed by atoms with Crippen LogP contribution in [0.25, 0.3) is 16.6 Å². The highest BCUT2D eigenvalue weighted by Crippen LogP contribution is 2.30. The molecule has 0 radical (unpaired) electrons. The maximum absolute atomic E-state index is 13.4. The van der Waals surface area contributed by atoms with Crippen molar-refractivity contribution in [1.82, 2.24) is 9.55 Å². The third kappa shape index (κ3) is 4.01. The minimum atomic E-state index is -0.260. The van der Waals surface area contributed by atoms with Crippen LogP contribution in [0, 0.1) is 6.92 Å². The third-order valence-electron chi connectivity index (χ3n) is 5.37. The first kappa shape index (κ1) is 21.0. The average Bonchev–Trinajstić information content (AvgIpc) is 2.83. The predicted molar refractivity (Wildman–Crippen MR) is 128 cm³/mol. The van der Waals surface area contributed by atoms with Crippen LogP contribution in [0.1, 0.15) is 15.9 Å². The number of fused-ring (bicyclic) bond motifs is 2. The number of para-hydroxylation sites is 2. The van der Waals surface area contributed by atoms with E-state index in [1.807, 2.05) is 43.3 Å². The van der Waals surface area contributed by atoms with E-state index in [0.717, 1.165) is 11.3 Å². The molecule has 1 aliphatic rings. The summed E-state index contributed by atoms with van der Waals surface area (Å²) in [4.78, 5) is 42.6. The molecule has 0 saturated carbocycles. The Balaban J connectivity index is 1.50. The van der Waals surface area contributed by atoms with E-state index in [4.69, 9.17) is 9.72 Å². The molecule has 4 aromatic rings. The molecule has 1 N–H and O–H groups in total. The average molecular weight is 458 g/mol. The fraction of sp³-hybridized carbons (Fsp3) is 0.120. The van der Waals surface area contributed by atoms with Gasteiger partial charge < -0.3 is 10.1 Å². The van der Waals surface area contributed by atoms with Crippen LogP contribution in [-0.4, -0.2) is 33.6 Å². The largest absolute Gasteiger partial charge is 0.482 e. The smallest absolute Gasteiger partial charge is 0.266 e. The summed E-state index contributed by atoms with van der Waals surface area (Å²) in [5, 5.41) is 3.67. The van der Waals surface area contributed by atoms with Crippen molar-refractivity contribution in [2.75, 3.05) is 17.7 Å². The number of nitrogens with zero attached hydrogens (tertiary/aromatic N) is 2. The van der Waals surface area contributed by atoms with Gasteiger partial charge in [-0.3, -0.25) is 19.0 Å². The Hall–Kier alpha value is -3.91. The van der Waals surface area contributed by atoms with Gasteiger partial charge >= 0.3 is 0 Å². The lowest BCUT2D eigenvalue weighted by molar-refractivity contribution is -0.118. The van der Waals surface area contributed by atoms with Crippen LogP contribution < -0.4 is 15.6 Å². The topological polar surface area (TPSA) is 90.3 Å². The molecule has 0 aliphatic carbocycles. The van der Waals surface area contributed by atoms with Crippen molar-refractivity contribution in [1.29, 1.82) is 0 Å². The van der Waals surface area contributed by atoms with E-state index in [2.05, 4.69) is 5.32 Å². The second kappa shape index (κ2) is 8.55. The summed E-state index contributed by atoms with van der Waals surface area (Å²) in [6.07, 6.45) is 0. The molecule has 0 bridgehead atoms. The number of hydrogen-bond acceptors (Lipinski definition) is 6. The number of Topliss-reactive ketones (excluding diaryl/α,β-unsaturated/α-hetero) is 1. The minimum absolute atomic E-state index is 0.0415. The summed E-state index contributed by atoms with van der Waals surface area (Å²) >= 11 is 1.20. The van der Waals surface area contributed by atoms with E-state index in [-0.39, 0.29) is 29.6 Å². The van der Waals surface area contributed by atoms with Crippen LogP contribution in [0.15, 0.2) is 76.7 Å². The van der Waals surface area contributed by atoms with Gasteiger partial charge in [-0.2, -0.15) is 0 Å². The normalized spacial score (nSPS) is 12.7.